The second-order valence-corrected chi connectivity index (χ2v) is 3.67. The zero-order valence-corrected chi connectivity index (χ0v) is 8.92. The van der Waals surface area contributed by atoms with Crippen molar-refractivity contribution >= 4 is 11.7 Å². The maximum absolute atomic E-state index is 10.6. The van der Waals surface area contributed by atoms with E-state index in [2.05, 4.69) is 4.98 Å². The number of rotatable bonds is 4. The number of aliphatic hydroxyl groups excluding tert-OH is 2. The first-order valence-corrected chi connectivity index (χ1v) is 4.78. The average molecular weight is 225 g/mol. The van der Waals surface area contributed by atoms with Crippen LogP contribution in [0, 0.1) is 6.92 Å². The third-order valence-electron chi connectivity index (χ3n) is 2.18. The van der Waals surface area contributed by atoms with E-state index in [4.69, 9.17) is 11.5 Å². The van der Waals surface area contributed by atoms with Gasteiger partial charge < -0.3 is 21.7 Å². The Labute approximate surface area is 92.9 Å². The van der Waals surface area contributed by atoms with E-state index in [1.807, 2.05) is 0 Å². The molecule has 6 nitrogen and oxygen atoms in total. The number of nitrogen functional groups attached to an aromatic ring is 1. The molecule has 0 aliphatic rings. The highest BCUT2D eigenvalue weighted by Gasteiger charge is 2.22. The fourth-order valence-electron chi connectivity index (χ4n) is 1.36. The van der Waals surface area contributed by atoms with Crippen molar-refractivity contribution in [2.45, 2.75) is 25.6 Å². The second kappa shape index (κ2) is 4.91. The number of hydrogen-bond acceptors (Lipinski definition) is 5. The first-order valence-electron chi connectivity index (χ1n) is 4.78. The number of aliphatic hydroxyl groups is 2. The topological polar surface area (TPSA) is 122 Å². The van der Waals surface area contributed by atoms with Crippen LogP contribution >= 0.6 is 0 Å². The highest BCUT2D eigenvalue weighted by Crippen LogP contribution is 2.23. The van der Waals surface area contributed by atoms with E-state index in [9.17, 15) is 15.0 Å². The number of anilines is 1. The van der Waals surface area contributed by atoms with Crippen LogP contribution in [0.25, 0.3) is 0 Å². The molecule has 0 saturated carbocycles. The number of pyridine rings is 1. The molecule has 0 bridgehead atoms. The minimum atomic E-state index is -1.27. The van der Waals surface area contributed by atoms with Gasteiger partial charge in [-0.25, -0.2) is 4.98 Å². The molecule has 1 heterocycles. The summed E-state index contributed by atoms with van der Waals surface area (Å²) in [4.78, 5) is 14.5. The predicted molar refractivity (Wildman–Crippen MR) is 58.2 cm³/mol. The number of primary amides is 1. The molecule has 88 valence electrons. The fraction of sp³-hybridized carbons (Fsp3) is 0.400. The molecule has 0 radical (unpaired) electrons. The van der Waals surface area contributed by atoms with Crippen molar-refractivity contribution in [2.75, 3.05) is 5.73 Å². The number of aryl methyl sites for hydroxylation is 1. The molecule has 0 spiro atoms. The van der Waals surface area contributed by atoms with Crippen LogP contribution in [0.2, 0.25) is 0 Å². The van der Waals surface area contributed by atoms with Crippen LogP contribution in [0.4, 0.5) is 5.82 Å². The van der Waals surface area contributed by atoms with Crippen molar-refractivity contribution in [1.82, 2.24) is 4.98 Å². The van der Waals surface area contributed by atoms with Crippen LogP contribution in [0.5, 0.6) is 0 Å². The van der Waals surface area contributed by atoms with Crippen molar-refractivity contribution in [2.24, 2.45) is 5.73 Å². The van der Waals surface area contributed by atoms with E-state index in [0.29, 0.717) is 5.56 Å². The van der Waals surface area contributed by atoms with Gasteiger partial charge in [0.15, 0.2) is 0 Å². The van der Waals surface area contributed by atoms with E-state index in [1.54, 1.807) is 19.2 Å². The molecule has 1 aromatic heterocycles. The normalized spacial score (nSPS) is 14.4. The summed E-state index contributed by atoms with van der Waals surface area (Å²) in [6, 6.07) is 1.61. The SMILES string of the molecule is Cc1cnc(N)c(C(O)C(O)CC(N)=O)c1. The molecule has 0 fully saturated rings. The van der Waals surface area contributed by atoms with Gasteiger partial charge >= 0.3 is 0 Å². The maximum Gasteiger partial charge on any atom is 0.220 e. The lowest BCUT2D eigenvalue weighted by molar-refractivity contribution is -0.121. The Morgan fingerprint density at radius 2 is 2.19 bits per heavy atom. The summed E-state index contributed by atoms with van der Waals surface area (Å²) in [5, 5.41) is 19.3. The molecular formula is C10H15N3O3. The molecule has 6 N–H and O–H groups in total. The third-order valence-corrected chi connectivity index (χ3v) is 2.18. The monoisotopic (exact) mass is 225 g/mol. The van der Waals surface area contributed by atoms with Gasteiger partial charge in [0.1, 0.15) is 11.9 Å². The summed E-state index contributed by atoms with van der Waals surface area (Å²) in [6.45, 7) is 1.78. The number of nitrogens with zero attached hydrogens (tertiary/aromatic N) is 1. The van der Waals surface area contributed by atoms with Crippen LogP contribution < -0.4 is 11.5 Å². The van der Waals surface area contributed by atoms with Gasteiger partial charge in [-0.05, 0) is 18.6 Å². The van der Waals surface area contributed by atoms with Gasteiger partial charge in [-0.3, -0.25) is 4.79 Å². The molecule has 16 heavy (non-hydrogen) atoms. The highest BCUT2D eigenvalue weighted by molar-refractivity contribution is 5.74. The lowest BCUT2D eigenvalue weighted by Gasteiger charge is -2.18. The van der Waals surface area contributed by atoms with Gasteiger partial charge in [-0.1, -0.05) is 0 Å². The number of nitrogens with two attached hydrogens (primary N) is 2. The van der Waals surface area contributed by atoms with E-state index in [-0.39, 0.29) is 12.2 Å². The largest absolute Gasteiger partial charge is 0.390 e. The second-order valence-electron chi connectivity index (χ2n) is 3.67. The molecule has 2 unspecified atom stereocenters. The van der Waals surface area contributed by atoms with Gasteiger partial charge in [-0.2, -0.15) is 0 Å². The third kappa shape index (κ3) is 2.91. The molecule has 6 heteroatoms. The molecule has 1 aromatic rings. The summed E-state index contributed by atoms with van der Waals surface area (Å²) in [7, 11) is 0. The zero-order valence-electron chi connectivity index (χ0n) is 8.92. The number of hydrogen-bond donors (Lipinski definition) is 4. The highest BCUT2D eigenvalue weighted by atomic mass is 16.3. The average Bonchev–Trinajstić information content (AvgIpc) is 2.19. The number of amides is 1. The smallest absolute Gasteiger partial charge is 0.220 e. The first kappa shape index (κ1) is 12.4. The Kier molecular flexibility index (Phi) is 3.81. The zero-order chi connectivity index (χ0) is 12.3. The van der Waals surface area contributed by atoms with Crippen molar-refractivity contribution in [3.63, 3.8) is 0 Å². The molecule has 2 atom stereocenters. The van der Waals surface area contributed by atoms with E-state index in [1.165, 1.54) is 0 Å². The maximum atomic E-state index is 10.6. The molecule has 0 aliphatic carbocycles. The van der Waals surface area contributed by atoms with Gasteiger partial charge in [0.2, 0.25) is 5.91 Å². The summed E-state index contributed by atoms with van der Waals surface area (Å²) >= 11 is 0. The molecule has 0 aromatic carbocycles. The van der Waals surface area contributed by atoms with Gasteiger partial charge in [0.05, 0.1) is 12.5 Å². The molecular weight excluding hydrogens is 210 g/mol. The van der Waals surface area contributed by atoms with Gasteiger partial charge in [-0.15, -0.1) is 0 Å². The molecule has 1 amide bonds. The standard InChI is InChI=1S/C10H15N3O3/c1-5-2-6(10(12)13-4-5)9(16)7(14)3-8(11)15/h2,4,7,9,14,16H,3H2,1H3,(H2,11,15)(H2,12,13). The Hall–Kier alpha value is -1.66. The Balaban J connectivity index is 2.90. The number of carbonyl (C=O) groups is 1. The summed E-state index contributed by atoms with van der Waals surface area (Å²) in [6.07, 6.45) is -1.32. The lowest BCUT2D eigenvalue weighted by atomic mass is 10.0. The molecule has 0 aliphatic heterocycles. The summed E-state index contributed by atoms with van der Waals surface area (Å²) < 4.78 is 0. The molecule has 0 saturated heterocycles. The quantitative estimate of drug-likeness (QED) is 0.536. The summed E-state index contributed by atoms with van der Waals surface area (Å²) in [5.74, 6) is -0.563. The van der Waals surface area contributed by atoms with Crippen molar-refractivity contribution < 1.29 is 15.0 Å². The van der Waals surface area contributed by atoms with Gasteiger partial charge in [0, 0.05) is 11.8 Å². The van der Waals surface area contributed by atoms with E-state index in [0.717, 1.165) is 5.56 Å². The minimum Gasteiger partial charge on any atom is -0.390 e. The fourth-order valence-corrected chi connectivity index (χ4v) is 1.36. The van der Waals surface area contributed by atoms with Gasteiger partial charge in [0.25, 0.3) is 0 Å². The van der Waals surface area contributed by atoms with Crippen molar-refractivity contribution in [3.8, 4) is 0 Å². The lowest BCUT2D eigenvalue weighted by Crippen LogP contribution is -2.26. The Bertz CT molecular complexity index is 395. The Morgan fingerprint density at radius 1 is 1.56 bits per heavy atom. The number of aromatic nitrogens is 1. The first-order chi connectivity index (χ1) is 7.41. The minimum absolute atomic E-state index is 0.127. The Morgan fingerprint density at radius 3 is 2.75 bits per heavy atom. The van der Waals surface area contributed by atoms with Crippen LogP contribution in [-0.4, -0.2) is 27.2 Å². The van der Waals surface area contributed by atoms with Crippen LogP contribution in [0.1, 0.15) is 23.7 Å². The van der Waals surface area contributed by atoms with E-state index >= 15 is 0 Å². The predicted octanol–water partition coefficient (Wildman–Crippen LogP) is -0.758. The van der Waals surface area contributed by atoms with Crippen LogP contribution in [-0.2, 0) is 4.79 Å². The molecule has 1 rings (SSSR count). The number of carbonyl (C=O) groups excluding carboxylic acids is 1. The van der Waals surface area contributed by atoms with Crippen molar-refractivity contribution in [3.05, 3.63) is 23.4 Å². The van der Waals surface area contributed by atoms with Crippen molar-refractivity contribution in [1.29, 1.82) is 0 Å². The summed E-state index contributed by atoms with van der Waals surface area (Å²) in [5.41, 5.74) is 11.6. The van der Waals surface area contributed by atoms with Crippen LogP contribution in [0.15, 0.2) is 12.3 Å². The van der Waals surface area contributed by atoms with Crippen LogP contribution in [0.3, 0.4) is 0 Å². The van der Waals surface area contributed by atoms with E-state index < -0.39 is 18.1 Å².